The van der Waals surface area contributed by atoms with Gasteiger partial charge in [0, 0.05) is 18.2 Å². The zero-order valence-electron chi connectivity index (χ0n) is 11.5. The standard InChI is InChI=1S/C16H15N3O2/c1-21-16(13-10-6-3-7-11-13)14(18-19-15(20)17-16)12-8-4-2-5-9-12/h2-11H,1H3,(H2,17,19,20)/t16-/m1/s1. The number of ether oxygens (including phenoxy) is 1. The van der Waals surface area contributed by atoms with E-state index in [4.69, 9.17) is 4.74 Å². The van der Waals surface area contributed by atoms with Crippen LogP contribution in [-0.4, -0.2) is 18.9 Å². The lowest BCUT2D eigenvalue weighted by atomic mass is 9.92. The number of hydrogen-bond donors (Lipinski definition) is 2. The number of nitrogens with zero attached hydrogens (tertiary/aromatic N) is 1. The number of hydrazone groups is 1. The number of carbonyl (C=O) groups excluding carboxylic acids is 1. The molecule has 21 heavy (non-hydrogen) atoms. The van der Waals surface area contributed by atoms with Crippen LogP contribution in [0.4, 0.5) is 4.79 Å². The van der Waals surface area contributed by atoms with Crippen LogP contribution in [0.15, 0.2) is 65.8 Å². The van der Waals surface area contributed by atoms with Crippen LogP contribution in [-0.2, 0) is 10.5 Å². The van der Waals surface area contributed by atoms with Crippen molar-refractivity contribution >= 4 is 11.7 Å². The van der Waals surface area contributed by atoms with E-state index in [0.29, 0.717) is 5.71 Å². The minimum Gasteiger partial charge on any atom is -0.349 e. The fourth-order valence-electron chi connectivity index (χ4n) is 2.44. The van der Waals surface area contributed by atoms with Crippen molar-refractivity contribution in [2.75, 3.05) is 7.11 Å². The highest BCUT2D eigenvalue weighted by atomic mass is 16.5. The Balaban J connectivity index is 2.18. The third kappa shape index (κ3) is 2.28. The van der Waals surface area contributed by atoms with Crippen molar-refractivity contribution in [3.8, 4) is 0 Å². The number of rotatable bonds is 3. The zero-order chi connectivity index (χ0) is 14.7. The smallest absolute Gasteiger partial charge is 0.337 e. The second-order valence-electron chi connectivity index (χ2n) is 4.64. The normalized spacial score (nSPS) is 21.2. The fourth-order valence-corrected chi connectivity index (χ4v) is 2.44. The van der Waals surface area contributed by atoms with Crippen LogP contribution in [0.1, 0.15) is 11.1 Å². The summed E-state index contributed by atoms with van der Waals surface area (Å²) in [5, 5.41) is 7.05. The van der Waals surface area contributed by atoms with E-state index in [2.05, 4.69) is 15.8 Å². The fraction of sp³-hybridized carbons (Fsp3) is 0.125. The predicted molar refractivity (Wildman–Crippen MR) is 79.8 cm³/mol. The summed E-state index contributed by atoms with van der Waals surface area (Å²) in [5.74, 6) is 0. The van der Waals surface area contributed by atoms with Gasteiger partial charge in [0.25, 0.3) is 0 Å². The van der Waals surface area contributed by atoms with Gasteiger partial charge in [-0.1, -0.05) is 60.7 Å². The molecule has 0 spiro atoms. The van der Waals surface area contributed by atoms with Crippen LogP contribution in [0, 0.1) is 0 Å². The number of benzene rings is 2. The molecule has 1 heterocycles. The Kier molecular flexibility index (Phi) is 3.41. The molecule has 5 nitrogen and oxygen atoms in total. The van der Waals surface area contributed by atoms with Crippen LogP contribution in [0.25, 0.3) is 0 Å². The number of methoxy groups -OCH3 is 1. The number of urea groups is 1. The Hall–Kier alpha value is -2.66. The quantitative estimate of drug-likeness (QED) is 0.906. The SMILES string of the molecule is CO[C@@]1(c2ccccc2)NC(=O)NN=C1c1ccccc1. The molecule has 0 radical (unpaired) electrons. The highest BCUT2D eigenvalue weighted by molar-refractivity contribution is 6.10. The molecule has 0 aromatic heterocycles. The molecule has 0 fully saturated rings. The Morgan fingerprint density at radius 1 is 1.00 bits per heavy atom. The van der Waals surface area contributed by atoms with Gasteiger partial charge in [-0.25, -0.2) is 10.2 Å². The summed E-state index contributed by atoms with van der Waals surface area (Å²) in [7, 11) is 1.55. The molecule has 2 N–H and O–H groups in total. The molecule has 1 atom stereocenters. The highest BCUT2D eigenvalue weighted by Crippen LogP contribution is 2.29. The van der Waals surface area contributed by atoms with E-state index in [1.54, 1.807) is 7.11 Å². The van der Waals surface area contributed by atoms with Crippen LogP contribution < -0.4 is 10.7 Å². The monoisotopic (exact) mass is 281 g/mol. The first-order chi connectivity index (χ1) is 10.3. The van der Waals surface area contributed by atoms with Crippen LogP contribution in [0.2, 0.25) is 0 Å². The molecular formula is C16H15N3O2. The van der Waals surface area contributed by atoms with Crippen LogP contribution >= 0.6 is 0 Å². The van der Waals surface area contributed by atoms with Crippen molar-refractivity contribution in [2.45, 2.75) is 5.72 Å². The molecule has 3 rings (SSSR count). The third-order valence-corrected chi connectivity index (χ3v) is 3.43. The first-order valence-corrected chi connectivity index (χ1v) is 6.59. The van der Waals surface area contributed by atoms with E-state index in [-0.39, 0.29) is 0 Å². The minimum atomic E-state index is -1.11. The average Bonchev–Trinajstić information content (AvgIpc) is 2.56. The van der Waals surface area contributed by atoms with E-state index >= 15 is 0 Å². The highest BCUT2D eigenvalue weighted by Gasteiger charge is 2.43. The summed E-state index contributed by atoms with van der Waals surface area (Å²) >= 11 is 0. The van der Waals surface area contributed by atoms with Crippen molar-refractivity contribution in [1.82, 2.24) is 10.7 Å². The molecule has 0 saturated heterocycles. The Labute approximate surface area is 122 Å². The third-order valence-electron chi connectivity index (χ3n) is 3.43. The maximum Gasteiger partial charge on any atom is 0.337 e. The molecule has 5 heteroatoms. The molecular weight excluding hydrogens is 266 g/mol. The van der Waals surface area contributed by atoms with E-state index in [0.717, 1.165) is 11.1 Å². The lowest BCUT2D eigenvalue weighted by Crippen LogP contribution is -2.59. The van der Waals surface area contributed by atoms with E-state index in [1.165, 1.54) is 0 Å². The first-order valence-electron chi connectivity index (χ1n) is 6.59. The topological polar surface area (TPSA) is 62.7 Å². The molecule has 0 unspecified atom stereocenters. The zero-order valence-corrected chi connectivity index (χ0v) is 11.5. The predicted octanol–water partition coefficient (Wildman–Crippen LogP) is 2.20. The number of amides is 2. The van der Waals surface area contributed by atoms with E-state index in [9.17, 15) is 4.79 Å². The minimum absolute atomic E-state index is 0.402. The van der Waals surface area contributed by atoms with Gasteiger partial charge in [-0.15, -0.1) is 0 Å². The molecule has 106 valence electrons. The number of hydrogen-bond acceptors (Lipinski definition) is 3. The maximum absolute atomic E-state index is 11.8. The molecule has 2 aromatic rings. The molecule has 0 aliphatic carbocycles. The average molecular weight is 281 g/mol. The van der Waals surface area contributed by atoms with E-state index in [1.807, 2.05) is 60.7 Å². The summed E-state index contributed by atoms with van der Waals surface area (Å²) in [4.78, 5) is 11.8. The van der Waals surface area contributed by atoms with Gasteiger partial charge in [0.05, 0.1) is 0 Å². The lowest BCUT2D eigenvalue weighted by Gasteiger charge is -2.37. The van der Waals surface area contributed by atoms with Gasteiger partial charge in [0.2, 0.25) is 5.72 Å². The summed E-state index contributed by atoms with van der Waals surface area (Å²) in [6.07, 6.45) is 0. The maximum atomic E-state index is 11.8. The number of carbonyl (C=O) groups is 1. The van der Waals surface area contributed by atoms with Gasteiger partial charge in [0.1, 0.15) is 5.71 Å². The molecule has 2 aromatic carbocycles. The van der Waals surface area contributed by atoms with Crippen LogP contribution in [0.5, 0.6) is 0 Å². The van der Waals surface area contributed by atoms with Gasteiger partial charge < -0.3 is 4.74 Å². The van der Waals surface area contributed by atoms with Gasteiger partial charge in [0.15, 0.2) is 0 Å². The van der Waals surface area contributed by atoms with Gasteiger partial charge >= 0.3 is 6.03 Å². The molecule has 1 aliphatic heterocycles. The Bertz CT molecular complexity index is 670. The van der Waals surface area contributed by atoms with Crippen molar-refractivity contribution < 1.29 is 9.53 Å². The van der Waals surface area contributed by atoms with Crippen LogP contribution in [0.3, 0.4) is 0 Å². The van der Waals surface area contributed by atoms with Gasteiger partial charge in [-0.05, 0) is 0 Å². The Morgan fingerprint density at radius 3 is 2.24 bits per heavy atom. The molecule has 0 bridgehead atoms. The van der Waals surface area contributed by atoms with E-state index < -0.39 is 11.8 Å². The Morgan fingerprint density at radius 2 is 1.62 bits per heavy atom. The largest absolute Gasteiger partial charge is 0.349 e. The lowest BCUT2D eigenvalue weighted by molar-refractivity contribution is 0.0234. The number of nitrogens with one attached hydrogen (secondary N) is 2. The van der Waals surface area contributed by atoms with Crippen molar-refractivity contribution in [2.24, 2.45) is 5.10 Å². The van der Waals surface area contributed by atoms with Crippen molar-refractivity contribution in [3.05, 3.63) is 71.8 Å². The van der Waals surface area contributed by atoms with Gasteiger partial charge in [-0.3, -0.25) is 5.32 Å². The van der Waals surface area contributed by atoms with Crippen molar-refractivity contribution in [3.63, 3.8) is 0 Å². The summed E-state index contributed by atoms with van der Waals surface area (Å²) in [6.45, 7) is 0. The summed E-state index contributed by atoms with van der Waals surface area (Å²) in [6, 6.07) is 18.7. The first kappa shape index (κ1) is 13.3. The summed E-state index contributed by atoms with van der Waals surface area (Å²) in [5.41, 5.74) is 3.63. The second kappa shape index (κ2) is 5.38. The summed E-state index contributed by atoms with van der Waals surface area (Å²) < 4.78 is 5.70. The van der Waals surface area contributed by atoms with Crippen molar-refractivity contribution in [1.29, 1.82) is 0 Å². The van der Waals surface area contributed by atoms with Gasteiger partial charge in [-0.2, -0.15) is 5.10 Å². The molecule has 0 saturated carbocycles. The molecule has 2 amide bonds. The molecule has 1 aliphatic rings. The second-order valence-corrected chi connectivity index (χ2v) is 4.64.